The van der Waals surface area contributed by atoms with Gasteiger partial charge in [-0.2, -0.15) is 0 Å². The average Bonchev–Trinajstić information content (AvgIpc) is 3.47. The zero-order valence-electron chi connectivity index (χ0n) is 21.2. The van der Waals surface area contributed by atoms with Crippen LogP contribution < -0.4 is 16.2 Å². The van der Waals surface area contributed by atoms with Gasteiger partial charge in [-0.1, -0.05) is 18.2 Å². The summed E-state index contributed by atoms with van der Waals surface area (Å²) in [6.07, 6.45) is -2.73. The van der Waals surface area contributed by atoms with Gasteiger partial charge in [0, 0.05) is 37.0 Å². The Hall–Kier alpha value is -2.95. The zero-order chi connectivity index (χ0) is 27.4. The van der Waals surface area contributed by atoms with Crippen LogP contribution in [0.5, 0.6) is 0 Å². The second-order valence-electron chi connectivity index (χ2n) is 11.0. The molecule has 0 radical (unpaired) electrons. The van der Waals surface area contributed by atoms with Crippen molar-refractivity contribution in [2.45, 2.75) is 63.1 Å². The molecule has 4 atom stereocenters. The van der Waals surface area contributed by atoms with E-state index < -0.39 is 47.3 Å². The van der Waals surface area contributed by atoms with Crippen molar-refractivity contribution in [2.24, 2.45) is 11.8 Å². The molecule has 11 heteroatoms. The van der Waals surface area contributed by atoms with Gasteiger partial charge in [0.15, 0.2) is 0 Å². The standard InChI is InChI=1S/C27H31F5N4O2/c1-14(18-4-3-5-19(23(18)28)24(29)30)33-25(38)20-13-36(27(6-7-27)26(31)32)22(37)10-21(20)34-17-8-15-11-35(2)12-16(15)9-17/h3-5,10,13-17,24,26,34H,6-9,11-12H2,1-2H3,(H,33,38)/t14-,15-,16+,17-/m1/s1. The minimum absolute atomic E-state index is 0.00285. The van der Waals surface area contributed by atoms with Gasteiger partial charge in [-0.15, -0.1) is 0 Å². The predicted molar refractivity (Wildman–Crippen MR) is 132 cm³/mol. The van der Waals surface area contributed by atoms with Crippen LogP contribution in [-0.4, -0.2) is 48.0 Å². The fourth-order valence-corrected chi connectivity index (χ4v) is 6.17. The molecule has 2 aromatic rings. The van der Waals surface area contributed by atoms with E-state index in [-0.39, 0.29) is 35.7 Å². The molecule has 1 aliphatic heterocycles. The fraction of sp³-hybridized carbons (Fsp3) is 0.556. The van der Waals surface area contributed by atoms with Crippen molar-refractivity contribution < 1.29 is 26.7 Å². The number of nitrogens with zero attached hydrogens (tertiary/aromatic N) is 2. The van der Waals surface area contributed by atoms with E-state index in [9.17, 15) is 31.5 Å². The first-order valence-electron chi connectivity index (χ1n) is 12.9. The molecule has 5 rings (SSSR count). The largest absolute Gasteiger partial charge is 0.381 e. The predicted octanol–water partition coefficient (Wildman–Crippen LogP) is 4.92. The van der Waals surface area contributed by atoms with Crippen LogP contribution >= 0.6 is 0 Å². The summed E-state index contributed by atoms with van der Waals surface area (Å²) in [6.45, 7) is 3.38. The summed E-state index contributed by atoms with van der Waals surface area (Å²) in [6, 6.07) is 3.74. The van der Waals surface area contributed by atoms with Gasteiger partial charge in [0.05, 0.1) is 22.9 Å². The summed E-state index contributed by atoms with van der Waals surface area (Å²) in [5.41, 5.74) is -2.99. The van der Waals surface area contributed by atoms with Crippen molar-refractivity contribution in [3.05, 3.63) is 63.3 Å². The van der Waals surface area contributed by atoms with Crippen LogP contribution in [-0.2, 0) is 5.54 Å². The van der Waals surface area contributed by atoms with Crippen LogP contribution in [0.1, 0.15) is 66.6 Å². The van der Waals surface area contributed by atoms with Gasteiger partial charge in [-0.05, 0) is 51.5 Å². The summed E-state index contributed by atoms with van der Waals surface area (Å²) >= 11 is 0. The Morgan fingerprint density at radius 2 is 1.71 bits per heavy atom. The van der Waals surface area contributed by atoms with E-state index in [0.717, 1.165) is 42.8 Å². The minimum Gasteiger partial charge on any atom is -0.381 e. The first-order chi connectivity index (χ1) is 18.0. The van der Waals surface area contributed by atoms with E-state index in [0.29, 0.717) is 11.8 Å². The smallest absolute Gasteiger partial charge is 0.266 e. The molecule has 6 nitrogen and oxygen atoms in total. The number of halogens is 5. The number of hydrogen-bond donors (Lipinski definition) is 2. The lowest BCUT2D eigenvalue weighted by atomic mass is 10.0. The quantitative estimate of drug-likeness (QED) is 0.469. The number of carbonyl (C=O) groups is 1. The second kappa shape index (κ2) is 9.98. The molecule has 0 spiro atoms. The van der Waals surface area contributed by atoms with Crippen molar-refractivity contribution in [1.29, 1.82) is 0 Å². The Labute approximate surface area is 217 Å². The summed E-state index contributed by atoms with van der Waals surface area (Å²) in [7, 11) is 2.07. The maximum Gasteiger partial charge on any atom is 0.266 e. The fourth-order valence-electron chi connectivity index (χ4n) is 6.17. The van der Waals surface area contributed by atoms with E-state index in [2.05, 4.69) is 22.6 Å². The van der Waals surface area contributed by atoms with E-state index in [1.54, 1.807) is 0 Å². The Bertz CT molecular complexity index is 1260. The topological polar surface area (TPSA) is 66.4 Å². The highest BCUT2D eigenvalue weighted by Crippen LogP contribution is 2.48. The van der Waals surface area contributed by atoms with Crippen molar-refractivity contribution in [1.82, 2.24) is 14.8 Å². The Morgan fingerprint density at radius 1 is 1.08 bits per heavy atom. The number of benzene rings is 1. The third-order valence-corrected chi connectivity index (χ3v) is 8.35. The number of carbonyl (C=O) groups excluding carboxylic acids is 1. The third-order valence-electron chi connectivity index (χ3n) is 8.35. The molecular weight excluding hydrogens is 507 g/mol. The number of anilines is 1. The van der Waals surface area contributed by atoms with E-state index in [1.807, 2.05) is 0 Å². The van der Waals surface area contributed by atoms with Gasteiger partial charge in [0.25, 0.3) is 24.3 Å². The summed E-state index contributed by atoms with van der Waals surface area (Å²) in [4.78, 5) is 28.7. The summed E-state index contributed by atoms with van der Waals surface area (Å²) < 4.78 is 69.7. The maximum atomic E-state index is 14.7. The average molecular weight is 539 g/mol. The van der Waals surface area contributed by atoms with Gasteiger partial charge in [0.2, 0.25) is 0 Å². The number of alkyl halides is 4. The molecule has 0 unspecified atom stereocenters. The molecule has 2 aliphatic carbocycles. The van der Waals surface area contributed by atoms with E-state index in [1.165, 1.54) is 25.1 Å². The molecule has 1 aromatic heterocycles. The second-order valence-corrected chi connectivity index (χ2v) is 11.0. The van der Waals surface area contributed by atoms with Crippen LogP contribution in [0.3, 0.4) is 0 Å². The number of hydrogen-bond acceptors (Lipinski definition) is 4. The normalized spacial score (nSPS) is 25.0. The Balaban J connectivity index is 1.44. The van der Waals surface area contributed by atoms with Crippen LogP contribution in [0.2, 0.25) is 0 Å². The van der Waals surface area contributed by atoms with Crippen molar-refractivity contribution in [3.63, 3.8) is 0 Å². The molecular formula is C27H31F5N4O2. The number of rotatable bonds is 8. The van der Waals surface area contributed by atoms with Crippen LogP contribution in [0.15, 0.2) is 35.3 Å². The van der Waals surface area contributed by atoms with Crippen LogP contribution in [0.25, 0.3) is 0 Å². The molecule has 38 heavy (non-hydrogen) atoms. The van der Waals surface area contributed by atoms with Gasteiger partial charge in [0.1, 0.15) is 11.4 Å². The highest BCUT2D eigenvalue weighted by atomic mass is 19.3. The molecule has 2 saturated carbocycles. The van der Waals surface area contributed by atoms with Gasteiger partial charge >= 0.3 is 0 Å². The zero-order valence-corrected chi connectivity index (χ0v) is 21.2. The summed E-state index contributed by atoms with van der Waals surface area (Å²) in [5.74, 6) is -0.850. The number of amides is 1. The molecule has 0 bridgehead atoms. The number of aromatic nitrogens is 1. The molecule has 1 amide bonds. The molecule has 3 aliphatic rings. The summed E-state index contributed by atoms with van der Waals surface area (Å²) in [5, 5.41) is 5.90. The molecule has 1 saturated heterocycles. The lowest BCUT2D eigenvalue weighted by molar-refractivity contribution is 0.0648. The van der Waals surface area contributed by atoms with Crippen molar-refractivity contribution in [2.75, 3.05) is 25.5 Å². The van der Waals surface area contributed by atoms with Crippen molar-refractivity contribution in [3.8, 4) is 0 Å². The highest BCUT2D eigenvalue weighted by Gasteiger charge is 2.53. The first kappa shape index (κ1) is 26.6. The van der Waals surface area contributed by atoms with Gasteiger partial charge in [-0.3, -0.25) is 9.59 Å². The molecule has 206 valence electrons. The van der Waals surface area contributed by atoms with Crippen LogP contribution in [0.4, 0.5) is 27.6 Å². The lowest BCUT2D eigenvalue weighted by Crippen LogP contribution is -2.38. The van der Waals surface area contributed by atoms with E-state index in [4.69, 9.17) is 0 Å². The van der Waals surface area contributed by atoms with Gasteiger partial charge < -0.3 is 20.1 Å². The molecule has 1 aromatic carbocycles. The molecule has 2 N–H and O–H groups in total. The number of nitrogens with one attached hydrogen (secondary N) is 2. The third kappa shape index (κ3) is 4.81. The lowest BCUT2D eigenvalue weighted by Gasteiger charge is -2.24. The van der Waals surface area contributed by atoms with Gasteiger partial charge in [-0.25, -0.2) is 22.0 Å². The number of fused-ring (bicyclic) bond motifs is 1. The number of likely N-dealkylation sites (tertiary alicyclic amines) is 1. The molecule has 2 heterocycles. The maximum absolute atomic E-state index is 14.7. The van der Waals surface area contributed by atoms with E-state index >= 15 is 0 Å². The van der Waals surface area contributed by atoms with Crippen molar-refractivity contribution >= 4 is 11.6 Å². The minimum atomic E-state index is -3.02. The first-order valence-corrected chi connectivity index (χ1v) is 12.9. The Kier molecular flexibility index (Phi) is 7.00. The molecule has 3 fully saturated rings. The van der Waals surface area contributed by atoms with Crippen LogP contribution in [0, 0.1) is 17.7 Å². The monoisotopic (exact) mass is 538 g/mol. The number of pyridine rings is 1. The Morgan fingerprint density at radius 3 is 2.29 bits per heavy atom. The highest BCUT2D eigenvalue weighted by molar-refractivity contribution is 5.99. The SMILES string of the molecule is C[C@@H](NC(=O)c1cn(C2(C(F)F)CC2)c(=O)cc1N[C@@H]1C[C@@H]2CN(C)C[C@@H]2C1)c1cccc(C(F)F)c1F.